The molecule has 4 aromatic rings. The highest BCUT2D eigenvalue weighted by atomic mass is 127. The summed E-state index contributed by atoms with van der Waals surface area (Å²) >= 11 is 2.22. The van der Waals surface area contributed by atoms with Gasteiger partial charge in [0.2, 0.25) is 0 Å². The van der Waals surface area contributed by atoms with Gasteiger partial charge in [0.25, 0.3) is 5.91 Å². The van der Waals surface area contributed by atoms with Crippen LogP contribution in [0.4, 0.5) is 5.69 Å². The normalized spacial score (nSPS) is 11.1. The third-order valence-corrected chi connectivity index (χ3v) is 5.62. The average molecular weight is 486 g/mol. The van der Waals surface area contributed by atoms with E-state index in [1.54, 1.807) is 25.2 Å². The van der Waals surface area contributed by atoms with Crippen LogP contribution in [-0.4, -0.2) is 31.8 Å². The quantitative estimate of drug-likeness (QED) is 0.312. The van der Waals surface area contributed by atoms with E-state index >= 15 is 0 Å². The fourth-order valence-electron chi connectivity index (χ4n) is 3.47. The van der Waals surface area contributed by atoms with Gasteiger partial charge in [-0.3, -0.25) is 9.69 Å². The zero-order valence-corrected chi connectivity index (χ0v) is 17.7. The number of hydrogen-bond acceptors (Lipinski definition) is 3. The first-order valence-electron chi connectivity index (χ1n) is 8.78. The number of carbonyl (C=O) groups excluding carboxylic acids is 1. The van der Waals surface area contributed by atoms with Crippen molar-refractivity contribution < 1.29 is 14.3 Å². The molecule has 0 aliphatic rings. The molecule has 1 aromatic heterocycles. The summed E-state index contributed by atoms with van der Waals surface area (Å²) in [6.45, 7) is 0.147. The molecule has 0 aliphatic heterocycles. The Labute approximate surface area is 176 Å². The van der Waals surface area contributed by atoms with Crippen molar-refractivity contribution in [3.05, 3.63) is 69.8 Å². The lowest BCUT2D eigenvalue weighted by Crippen LogP contribution is -2.33. The number of halogens is 1. The number of amides is 1. The zero-order valence-electron chi connectivity index (χ0n) is 15.5. The number of benzene rings is 3. The first kappa shape index (κ1) is 18.8. The second-order valence-electron chi connectivity index (χ2n) is 6.34. The summed E-state index contributed by atoms with van der Waals surface area (Å²) in [4.78, 5) is 18.5. The lowest BCUT2D eigenvalue weighted by Gasteiger charge is -2.24. The number of nitrogens with zero attached hydrogens (tertiary/aromatic N) is 1. The number of aromatic amines is 1. The van der Waals surface area contributed by atoms with Gasteiger partial charge in [0.05, 0.1) is 29.3 Å². The number of para-hydroxylation sites is 2. The summed E-state index contributed by atoms with van der Waals surface area (Å²) in [5.41, 5.74) is 3.24. The van der Waals surface area contributed by atoms with Gasteiger partial charge in [-0.25, -0.2) is 0 Å². The molecule has 0 saturated carbocycles. The molecule has 1 heterocycles. The lowest BCUT2D eigenvalue weighted by atomic mass is 10.1. The molecular formula is C22H19IN2O3. The summed E-state index contributed by atoms with van der Waals surface area (Å²) in [5, 5.41) is 1.93. The van der Waals surface area contributed by atoms with Crippen molar-refractivity contribution in [2.75, 3.05) is 25.9 Å². The van der Waals surface area contributed by atoms with E-state index in [0.717, 1.165) is 31.1 Å². The van der Waals surface area contributed by atoms with Crippen LogP contribution >= 0.6 is 22.6 Å². The van der Waals surface area contributed by atoms with Gasteiger partial charge in [-0.05, 0) is 52.9 Å². The maximum atomic E-state index is 13.5. The molecule has 1 N–H and O–H groups in total. The number of aromatic nitrogens is 1. The molecule has 4 rings (SSSR count). The standard InChI is InChI=1S/C22H19IN2O3/c1-27-13-25(19-10-6-4-8-16(19)23)22(26)15-11-12-18-20(21(15)28-2)14-7-3-5-9-17(14)24-18/h3-12,24H,13H2,1-2H3. The Morgan fingerprint density at radius 1 is 1.00 bits per heavy atom. The minimum Gasteiger partial charge on any atom is -0.495 e. The summed E-state index contributed by atoms with van der Waals surface area (Å²) in [5.74, 6) is 0.391. The fraction of sp³-hybridized carbons (Fsp3) is 0.136. The molecule has 5 nitrogen and oxygen atoms in total. The highest BCUT2D eigenvalue weighted by Gasteiger charge is 2.25. The molecule has 142 valence electrons. The Balaban J connectivity index is 1.90. The van der Waals surface area contributed by atoms with Crippen molar-refractivity contribution in [2.24, 2.45) is 0 Å². The Kier molecular flexibility index (Phi) is 5.23. The predicted molar refractivity (Wildman–Crippen MR) is 120 cm³/mol. The molecule has 0 spiro atoms. The van der Waals surface area contributed by atoms with Crippen LogP contribution in [0.1, 0.15) is 10.4 Å². The second-order valence-corrected chi connectivity index (χ2v) is 7.50. The number of carbonyl (C=O) groups is 1. The van der Waals surface area contributed by atoms with Gasteiger partial charge in [-0.2, -0.15) is 0 Å². The van der Waals surface area contributed by atoms with E-state index in [-0.39, 0.29) is 12.6 Å². The van der Waals surface area contributed by atoms with Crippen molar-refractivity contribution >= 4 is 56.0 Å². The first-order valence-corrected chi connectivity index (χ1v) is 9.86. The Bertz CT molecular complexity index is 1170. The number of hydrogen-bond donors (Lipinski definition) is 1. The molecule has 6 heteroatoms. The molecule has 0 aliphatic carbocycles. The predicted octanol–water partition coefficient (Wildman–Crippen LogP) is 5.19. The van der Waals surface area contributed by atoms with Crippen LogP contribution in [-0.2, 0) is 4.74 Å². The topological polar surface area (TPSA) is 54.6 Å². The average Bonchev–Trinajstić information content (AvgIpc) is 3.10. The smallest absolute Gasteiger partial charge is 0.263 e. The zero-order chi connectivity index (χ0) is 19.7. The minimum atomic E-state index is -0.171. The molecule has 0 unspecified atom stereocenters. The number of nitrogens with one attached hydrogen (secondary N) is 1. The minimum absolute atomic E-state index is 0.147. The number of anilines is 1. The molecule has 0 radical (unpaired) electrons. The van der Waals surface area contributed by atoms with E-state index in [0.29, 0.717) is 11.3 Å². The van der Waals surface area contributed by atoms with Crippen LogP contribution in [0.3, 0.4) is 0 Å². The summed E-state index contributed by atoms with van der Waals surface area (Å²) in [6, 6.07) is 19.5. The molecule has 1 amide bonds. The summed E-state index contributed by atoms with van der Waals surface area (Å²) in [6.07, 6.45) is 0. The van der Waals surface area contributed by atoms with E-state index in [2.05, 4.69) is 27.6 Å². The Morgan fingerprint density at radius 2 is 1.75 bits per heavy atom. The highest BCUT2D eigenvalue weighted by Crippen LogP contribution is 2.37. The maximum Gasteiger partial charge on any atom is 0.263 e. The second kappa shape index (κ2) is 7.81. The summed E-state index contributed by atoms with van der Waals surface area (Å²) < 4.78 is 12.0. The monoisotopic (exact) mass is 486 g/mol. The van der Waals surface area contributed by atoms with Crippen molar-refractivity contribution in [3.8, 4) is 5.75 Å². The van der Waals surface area contributed by atoms with Crippen molar-refractivity contribution in [2.45, 2.75) is 0 Å². The van der Waals surface area contributed by atoms with Crippen LogP contribution in [0.25, 0.3) is 21.8 Å². The van der Waals surface area contributed by atoms with E-state index < -0.39 is 0 Å². The van der Waals surface area contributed by atoms with E-state index in [9.17, 15) is 4.79 Å². The molecule has 28 heavy (non-hydrogen) atoms. The summed E-state index contributed by atoms with van der Waals surface area (Å²) in [7, 11) is 3.18. The van der Waals surface area contributed by atoms with Gasteiger partial charge in [0, 0.05) is 21.6 Å². The van der Waals surface area contributed by atoms with Gasteiger partial charge >= 0.3 is 0 Å². The van der Waals surface area contributed by atoms with Gasteiger partial charge < -0.3 is 14.5 Å². The number of methoxy groups -OCH3 is 2. The van der Waals surface area contributed by atoms with E-state index in [4.69, 9.17) is 9.47 Å². The van der Waals surface area contributed by atoms with Gasteiger partial charge in [0.1, 0.15) is 12.5 Å². The van der Waals surface area contributed by atoms with Crippen LogP contribution in [0, 0.1) is 3.57 Å². The first-order chi connectivity index (χ1) is 13.7. The molecular weight excluding hydrogens is 467 g/mol. The van der Waals surface area contributed by atoms with Crippen LogP contribution in [0.2, 0.25) is 0 Å². The van der Waals surface area contributed by atoms with Gasteiger partial charge in [-0.15, -0.1) is 0 Å². The molecule has 3 aromatic carbocycles. The van der Waals surface area contributed by atoms with Crippen molar-refractivity contribution in [1.29, 1.82) is 0 Å². The molecule has 0 fully saturated rings. The largest absolute Gasteiger partial charge is 0.495 e. The number of H-pyrrole nitrogens is 1. The van der Waals surface area contributed by atoms with Gasteiger partial charge in [0.15, 0.2) is 0 Å². The molecule has 0 bridgehead atoms. The Hall–Kier alpha value is -2.58. The number of rotatable bonds is 5. The van der Waals surface area contributed by atoms with E-state index in [1.807, 2.05) is 54.6 Å². The third-order valence-electron chi connectivity index (χ3n) is 4.70. The van der Waals surface area contributed by atoms with Crippen LogP contribution in [0.5, 0.6) is 5.75 Å². The fourth-order valence-corrected chi connectivity index (χ4v) is 4.15. The van der Waals surface area contributed by atoms with Gasteiger partial charge in [-0.1, -0.05) is 30.3 Å². The lowest BCUT2D eigenvalue weighted by molar-refractivity contribution is 0.0933. The Morgan fingerprint density at radius 3 is 2.50 bits per heavy atom. The van der Waals surface area contributed by atoms with E-state index in [1.165, 1.54) is 0 Å². The molecule has 0 saturated heterocycles. The number of ether oxygens (including phenoxy) is 2. The maximum absolute atomic E-state index is 13.5. The molecule has 0 atom stereocenters. The van der Waals surface area contributed by atoms with Crippen molar-refractivity contribution in [1.82, 2.24) is 4.98 Å². The SMILES string of the molecule is COCN(C(=O)c1ccc2[nH]c3ccccc3c2c1OC)c1ccccc1I. The van der Waals surface area contributed by atoms with Crippen LogP contribution < -0.4 is 9.64 Å². The number of fused-ring (bicyclic) bond motifs is 3. The van der Waals surface area contributed by atoms with Crippen LogP contribution in [0.15, 0.2) is 60.7 Å². The third kappa shape index (κ3) is 3.12. The van der Waals surface area contributed by atoms with Crippen molar-refractivity contribution in [3.63, 3.8) is 0 Å². The highest BCUT2D eigenvalue weighted by molar-refractivity contribution is 14.1.